The summed E-state index contributed by atoms with van der Waals surface area (Å²) in [5, 5.41) is 18.7. The average Bonchev–Trinajstić information content (AvgIpc) is 3.98. The van der Waals surface area contributed by atoms with E-state index in [1.54, 1.807) is 10.7 Å². The first kappa shape index (κ1) is 41.1. The fourth-order valence-electron chi connectivity index (χ4n) is 8.56. The largest absolute Gasteiger partial charge is 0.471 e. The second-order valence-electron chi connectivity index (χ2n) is 16.2. The number of aliphatic hydroxyl groups is 1. The summed E-state index contributed by atoms with van der Waals surface area (Å²) in [6.45, 7) is 7.53. The monoisotopic (exact) mass is 829 g/mol. The molecule has 6 aromatic rings. The number of aryl methyl sites for hydroxylation is 1. The van der Waals surface area contributed by atoms with Gasteiger partial charge in [0.05, 0.1) is 29.5 Å². The molecule has 3 aromatic heterocycles. The van der Waals surface area contributed by atoms with Gasteiger partial charge in [0.15, 0.2) is 11.4 Å². The minimum absolute atomic E-state index is 0.0600. The van der Waals surface area contributed by atoms with Crippen LogP contribution in [-0.4, -0.2) is 70.5 Å². The maximum absolute atomic E-state index is 13.9. The van der Waals surface area contributed by atoms with Crippen molar-refractivity contribution in [1.29, 1.82) is 0 Å². The lowest BCUT2D eigenvalue weighted by molar-refractivity contribution is -0.438. The van der Waals surface area contributed by atoms with Crippen LogP contribution in [0.2, 0.25) is 0 Å². The Morgan fingerprint density at radius 3 is 2.54 bits per heavy atom. The zero-order valence-corrected chi connectivity index (χ0v) is 34.5. The van der Waals surface area contributed by atoms with Crippen molar-refractivity contribution in [1.82, 2.24) is 34.9 Å². The average molecular weight is 830 g/mol. The van der Waals surface area contributed by atoms with E-state index in [4.69, 9.17) is 10.5 Å². The number of alkyl halides is 3. The SMILES string of the molecule is CN1/C(=C/C=C/C=C/C2=[N+](CCCc3cn(Cc4ccc(COc5nc(N)nc6nc[nH]c56)cc4)nn3)c3ccc(C(F)(F)F)cc3C2(C)C)C(C)(CCO)c2ccccc21. The molecule has 1 unspecified atom stereocenters. The van der Waals surface area contributed by atoms with Gasteiger partial charge < -0.3 is 25.5 Å². The number of anilines is 2. The Kier molecular flexibility index (Phi) is 11.1. The van der Waals surface area contributed by atoms with Crippen molar-refractivity contribution in [3.8, 4) is 5.88 Å². The minimum Gasteiger partial charge on any atom is -0.471 e. The smallest absolute Gasteiger partial charge is 0.416 e. The molecule has 0 bridgehead atoms. The normalized spacial score (nSPS) is 18.0. The number of fused-ring (bicyclic) bond motifs is 3. The van der Waals surface area contributed by atoms with E-state index in [-0.39, 0.29) is 24.6 Å². The molecule has 2 aliphatic rings. The van der Waals surface area contributed by atoms with Crippen molar-refractivity contribution in [2.45, 2.75) is 70.2 Å². The molecule has 61 heavy (non-hydrogen) atoms. The first-order valence-electron chi connectivity index (χ1n) is 20.2. The van der Waals surface area contributed by atoms with E-state index in [9.17, 15) is 18.3 Å². The Hall–Kier alpha value is -6.61. The van der Waals surface area contributed by atoms with Crippen LogP contribution in [0.1, 0.15) is 67.1 Å². The second kappa shape index (κ2) is 16.4. The first-order valence-corrected chi connectivity index (χ1v) is 20.2. The molecular formula is C46H48F3N10O2+. The van der Waals surface area contributed by atoms with Gasteiger partial charge in [-0.3, -0.25) is 0 Å². The molecule has 15 heteroatoms. The van der Waals surface area contributed by atoms with E-state index in [0.29, 0.717) is 55.0 Å². The maximum atomic E-state index is 13.9. The van der Waals surface area contributed by atoms with Crippen molar-refractivity contribution in [2.24, 2.45) is 0 Å². The van der Waals surface area contributed by atoms with Crippen LogP contribution >= 0.6 is 0 Å². The first-order chi connectivity index (χ1) is 29.3. The van der Waals surface area contributed by atoms with E-state index in [0.717, 1.165) is 45.7 Å². The molecule has 0 saturated carbocycles. The highest BCUT2D eigenvalue weighted by atomic mass is 19.4. The molecule has 314 valence electrons. The van der Waals surface area contributed by atoms with Crippen LogP contribution in [-0.2, 0) is 36.6 Å². The third kappa shape index (κ3) is 8.17. The van der Waals surface area contributed by atoms with Crippen LogP contribution in [0, 0.1) is 0 Å². The van der Waals surface area contributed by atoms with E-state index >= 15 is 0 Å². The molecule has 0 fully saturated rings. The van der Waals surface area contributed by atoms with Crippen molar-refractivity contribution in [3.05, 3.63) is 149 Å². The summed E-state index contributed by atoms with van der Waals surface area (Å²) in [4.78, 5) is 17.5. The van der Waals surface area contributed by atoms with Crippen molar-refractivity contribution < 1.29 is 27.6 Å². The van der Waals surface area contributed by atoms with Crippen LogP contribution in [0.3, 0.4) is 0 Å². The van der Waals surface area contributed by atoms with Crippen molar-refractivity contribution in [3.63, 3.8) is 0 Å². The number of nitrogens with one attached hydrogen (secondary N) is 1. The second-order valence-corrected chi connectivity index (χ2v) is 16.2. The van der Waals surface area contributed by atoms with Gasteiger partial charge in [0.2, 0.25) is 17.5 Å². The van der Waals surface area contributed by atoms with Gasteiger partial charge in [-0.2, -0.15) is 27.7 Å². The number of nitrogen functional groups attached to an aromatic ring is 1. The lowest BCUT2D eigenvalue weighted by Crippen LogP contribution is -2.28. The fourth-order valence-corrected chi connectivity index (χ4v) is 8.56. The van der Waals surface area contributed by atoms with E-state index in [2.05, 4.69) is 64.9 Å². The highest BCUT2D eigenvalue weighted by molar-refractivity contribution is 6.03. The number of nitrogens with zero attached hydrogens (tertiary/aromatic N) is 8. The molecule has 0 saturated heterocycles. The number of benzene rings is 3. The summed E-state index contributed by atoms with van der Waals surface area (Å²) in [7, 11) is 2.04. The molecule has 12 nitrogen and oxygen atoms in total. The minimum atomic E-state index is -4.45. The topological polar surface area (TPSA) is 147 Å². The number of para-hydroxylation sites is 1. The molecule has 0 spiro atoms. The van der Waals surface area contributed by atoms with Crippen molar-refractivity contribution >= 4 is 34.2 Å². The maximum Gasteiger partial charge on any atom is 0.416 e. The van der Waals surface area contributed by atoms with Gasteiger partial charge in [0.25, 0.3) is 0 Å². The zero-order chi connectivity index (χ0) is 42.9. The summed E-state index contributed by atoms with van der Waals surface area (Å²) in [5.74, 6) is 0.421. The number of allylic oxidation sites excluding steroid dienone is 6. The number of imidazole rings is 1. The predicted octanol–water partition coefficient (Wildman–Crippen LogP) is 7.97. The molecule has 0 aliphatic carbocycles. The summed E-state index contributed by atoms with van der Waals surface area (Å²) in [5.41, 5.74) is 13.6. The number of aliphatic hydroxyl groups excluding tert-OH is 1. The van der Waals surface area contributed by atoms with Crippen LogP contribution in [0.25, 0.3) is 11.2 Å². The van der Waals surface area contributed by atoms with Crippen LogP contribution in [0.5, 0.6) is 5.88 Å². The van der Waals surface area contributed by atoms with Gasteiger partial charge >= 0.3 is 6.18 Å². The Morgan fingerprint density at radius 1 is 0.967 bits per heavy atom. The van der Waals surface area contributed by atoms with Gasteiger partial charge in [-0.1, -0.05) is 65.9 Å². The van der Waals surface area contributed by atoms with Gasteiger partial charge in [0, 0.05) is 60.8 Å². The molecule has 8 rings (SSSR count). The summed E-state index contributed by atoms with van der Waals surface area (Å²) in [6.07, 6.45) is 10.9. The number of halogens is 3. The molecule has 4 N–H and O–H groups in total. The van der Waals surface area contributed by atoms with E-state index in [1.807, 2.05) is 87.8 Å². The van der Waals surface area contributed by atoms with Gasteiger partial charge in [-0.05, 0) is 74.6 Å². The molecule has 1 atom stereocenters. The lowest BCUT2D eigenvalue weighted by Gasteiger charge is -2.27. The zero-order valence-electron chi connectivity index (χ0n) is 34.5. The highest BCUT2D eigenvalue weighted by Gasteiger charge is 2.46. The third-order valence-electron chi connectivity index (χ3n) is 11.8. The molecule has 0 amide bonds. The number of aromatic nitrogens is 7. The van der Waals surface area contributed by atoms with Crippen LogP contribution in [0.4, 0.5) is 30.5 Å². The van der Waals surface area contributed by atoms with Crippen LogP contribution < -0.4 is 15.4 Å². The number of H-pyrrole nitrogens is 1. The summed E-state index contributed by atoms with van der Waals surface area (Å²) < 4.78 is 51.6. The predicted molar refractivity (Wildman–Crippen MR) is 229 cm³/mol. The van der Waals surface area contributed by atoms with Gasteiger partial charge in [-0.25, -0.2) is 9.67 Å². The number of rotatable bonds is 14. The molecule has 0 radical (unpaired) electrons. The number of hydrogen-bond donors (Lipinski definition) is 3. The summed E-state index contributed by atoms with van der Waals surface area (Å²) >= 11 is 0. The number of aromatic amines is 1. The molecule has 2 aliphatic heterocycles. The fraction of sp³-hybridized carbons (Fsp3) is 0.304. The molecular weight excluding hydrogens is 782 g/mol. The van der Waals surface area contributed by atoms with E-state index < -0.39 is 17.2 Å². The quantitative estimate of drug-likeness (QED) is 0.0735. The summed E-state index contributed by atoms with van der Waals surface area (Å²) in [6, 6.07) is 20.3. The Balaban J connectivity index is 0.946. The molecule has 3 aromatic carbocycles. The molecule has 5 heterocycles. The number of nitrogens with two attached hydrogens (primary N) is 1. The highest BCUT2D eigenvalue weighted by Crippen LogP contribution is 2.49. The Labute approximate surface area is 351 Å². The van der Waals surface area contributed by atoms with Crippen LogP contribution in [0.15, 0.2) is 115 Å². The number of ether oxygens (including phenoxy) is 1. The lowest BCUT2D eigenvalue weighted by atomic mass is 9.79. The Bertz CT molecular complexity index is 2690. The van der Waals surface area contributed by atoms with E-state index in [1.165, 1.54) is 18.0 Å². The number of likely N-dealkylation sites (N-methyl/N-ethyl adjacent to an activating group) is 1. The standard InChI is InChI=1S/C46H48F3N10O2/c1-44(2)35-25-32(46(47,48)49)20-21-37(35)59(38(44)14-6-5-7-15-39-45(3,22-24-60)34-12-8-9-13-36(34)57(39)4)23-10-11-33-27-58(56-55-33)26-30-16-18-31(19-17-30)28-61-42-40-41(52-29-51-40)53-43(50)54-42/h5-9,12-21,25,27,29,60H,10-11,22-24,26,28H2,1-4H3,(H3,50,51,52,53,54)/q+1. The number of hydrogen-bond acceptors (Lipinski definition) is 9. The third-order valence-corrected chi connectivity index (χ3v) is 11.8. The van der Waals surface area contributed by atoms with Gasteiger partial charge in [-0.15, -0.1) is 5.10 Å². The van der Waals surface area contributed by atoms with Crippen molar-refractivity contribution in [2.75, 3.05) is 30.8 Å². The Morgan fingerprint density at radius 2 is 1.75 bits per heavy atom. The van der Waals surface area contributed by atoms with Gasteiger partial charge in [0.1, 0.15) is 18.7 Å².